The summed E-state index contributed by atoms with van der Waals surface area (Å²) in [6.07, 6.45) is 1.89. The normalized spacial score (nSPS) is 19.8. The quantitative estimate of drug-likeness (QED) is 0.388. The number of hydrogen-bond donors (Lipinski definition) is 2. The molecule has 2 aliphatic carbocycles. The summed E-state index contributed by atoms with van der Waals surface area (Å²) in [5.74, 6) is 0. The molecule has 0 saturated heterocycles. The molecule has 0 heterocycles. The van der Waals surface area contributed by atoms with Crippen molar-refractivity contribution in [2.75, 3.05) is 0 Å². The molecule has 2 heteroatoms. The maximum atomic E-state index is 10.6. The van der Waals surface area contributed by atoms with E-state index in [-0.39, 0.29) is 0 Å². The maximum Gasteiger partial charge on any atom is 0.109 e. The van der Waals surface area contributed by atoms with Crippen molar-refractivity contribution in [3.63, 3.8) is 0 Å². The smallest absolute Gasteiger partial charge is 0.109 e. The molecule has 0 spiro atoms. The molecule has 0 aromatic heterocycles. The summed E-state index contributed by atoms with van der Waals surface area (Å²) in [5.41, 5.74) is 6.70. The highest BCUT2D eigenvalue weighted by Crippen LogP contribution is 2.53. The zero-order valence-corrected chi connectivity index (χ0v) is 14.0. The van der Waals surface area contributed by atoms with Gasteiger partial charge in [-0.15, -0.1) is 0 Å². The molecule has 0 saturated carbocycles. The SMILES string of the molecule is OC1C=Cc2c(cc3c4c(cc5ccccc53)-c3ccccc3-c24)C1O. The third kappa shape index (κ3) is 1.63. The molecule has 6 rings (SSSR count). The second-order valence-corrected chi connectivity index (χ2v) is 7.16. The lowest BCUT2D eigenvalue weighted by Crippen LogP contribution is -2.19. The number of rotatable bonds is 0. The van der Waals surface area contributed by atoms with Gasteiger partial charge in [-0.05, 0) is 67.1 Å². The molecule has 124 valence electrons. The first-order valence-electron chi connectivity index (χ1n) is 8.90. The highest BCUT2D eigenvalue weighted by Gasteiger charge is 2.31. The fourth-order valence-electron chi connectivity index (χ4n) is 4.64. The summed E-state index contributed by atoms with van der Waals surface area (Å²) in [4.78, 5) is 0. The Balaban J connectivity index is 1.90. The molecular formula is C24H16O2. The summed E-state index contributed by atoms with van der Waals surface area (Å²) in [7, 11) is 0. The van der Waals surface area contributed by atoms with E-state index in [1.54, 1.807) is 6.08 Å². The third-order valence-corrected chi connectivity index (χ3v) is 5.81. The van der Waals surface area contributed by atoms with Crippen LogP contribution in [0.25, 0.3) is 49.9 Å². The lowest BCUT2D eigenvalue weighted by atomic mass is 9.84. The molecule has 0 radical (unpaired) electrons. The minimum atomic E-state index is -0.897. The van der Waals surface area contributed by atoms with Crippen LogP contribution in [0.2, 0.25) is 0 Å². The Kier molecular flexibility index (Phi) is 2.64. The number of aliphatic hydroxyl groups is 2. The van der Waals surface area contributed by atoms with Gasteiger partial charge in [-0.1, -0.05) is 60.7 Å². The maximum absolute atomic E-state index is 10.6. The summed E-state index contributed by atoms with van der Waals surface area (Å²) in [5, 5.41) is 25.6. The van der Waals surface area contributed by atoms with Crippen molar-refractivity contribution in [3.8, 4) is 22.3 Å². The van der Waals surface area contributed by atoms with Crippen LogP contribution >= 0.6 is 0 Å². The number of hydrogen-bond acceptors (Lipinski definition) is 2. The van der Waals surface area contributed by atoms with Crippen LogP contribution in [-0.2, 0) is 0 Å². The Bertz CT molecular complexity index is 1270. The summed E-state index contributed by atoms with van der Waals surface area (Å²) in [6.45, 7) is 0. The second kappa shape index (κ2) is 4.82. The van der Waals surface area contributed by atoms with E-state index in [9.17, 15) is 10.2 Å². The van der Waals surface area contributed by atoms with Gasteiger partial charge in [0.05, 0.1) is 0 Å². The molecule has 2 unspecified atom stereocenters. The van der Waals surface area contributed by atoms with Gasteiger partial charge in [-0.2, -0.15) is 0 Å². The van der Waals surface area contributed by atoms with Gasteiger partial charge in [-0.25, -0.2) is 0 Å². The highest BCUT2D eigenvalue weighted by molar-refractivity contribution is 6.25. The average molecular weight is 336 g/mol. The molecular weight excluding hydrogens is 320 g/mol. The molecule has 2 nitrogen and oxygen atoms in total. The van der Waals surface area contributed by atoms with E-state index < -0.39 is 12.2 Å². The van der Waals surface area contributed by atoms with Gasteiger partial charge >= 0.3 is 0 Å². The van der Waals surface area contributed by atoms with Gasteiger partial charge in [0.25, 0.3) is 0 Å². The van der Waals surface area contributed by atoms with E-state index in [1.807, 2.05) is 6.08 Å². The monoisotopic (exact) mass is 336 g/mol. The van der Waals surface area contributed by atoms with Gasteiger partial charge in [0.2, 0.25) is 0 Å². The minimum absolute atomic E-state index is 0.807. The fourth-order valence-corrected chi connectivity index (χ4v) is 4.64. The first-order valence-corrected chi connectivity index (χ1v) is 8.90. The average Bonchev–Trinajstić information content (AvgIpc) is 3.01. The molecule has 26 heavy (non-hydrogen) atoms. The Morgan fingerprint density at radius 1 is 0.731 bits per heavy atom. The van der Waals surface area contributed by atoms with Crippen LogP contribution in [0.15, 0.2) is 66.7 Å². The second-order valence-electron chi connectivity index (χ2n) is 7.16. The van der Waals surface area contributed by atoms with Crippen molar-refractivity contribution in [3.05, 3.63) is 77.9 Å². The van der Waals surface area contributed by atoms with Gasteiger partial charge in [-0.3, -0.25) is 0 Å². The number of fused-ring (bicyclic) bond motifs is 7. The molecule has 4 aromatic rings. The first-order chi connectivity index (χ1) is 12.7. The zero-order chi connectivity index (χ0) is 17.4. The number of benzene rings is 4. The Morgan fingerprint density at radius 3 is 2.38 bits per heavy atom. The van der Waals surface area contributed by atoms with Crippen molar-refractivity contribution in [1.29, 1.82) is 0 Å². The molecule has 0 amide bonds. The highest BCUT2D eigenvalue weighted by atomic mass is 16.3. The molecule has 2 atom stereocenters. The molecule has 4 aromatic carbocycles. The molecule has 0 aliphatic heterocycles. The van der Waals surface area contributed by atoms with Crippen LogP contribution < -0.4 is 0 Å². The Labute approximate surface area is 150 Å². The molecule has 2 N–H and O–H groups in total. The van der Waals surface area contributed by atoms with E-state index in [0.29, 0.717) is 0 Å². The van der Waals surface area contributed by atoms with E-state index >= 15 is 0 Å². The van der Waals surface area contributed by atoms with Crippen LogP contribution in [0.3, 0.4) is 0 Å². The fraction of sp³-hybridized carbons (Fsp3) is 0.0833. The third-order valence-electron chi connectivity index (χ3n) is 5.81. The van der Waals surface area contributed by atoms with E-state index in [4.69, 9.17) is 0 Å². The molecule has 0 fully saturated rings. The largest absolute Gasteiger partial charge is 0.386 e. The zero-order valence-electron chi connectivity index (χ0n) is 14.0. The molecule has 2 aliphatic rings. The Morgan fingerprint density at radius 2 is 1.50 bits per heavy atom. The van der Waals surface area contributed by atoms with Crippen molar-refractivity contribution in [2.24, 2.45) is 0 Å². The summed E-state index contributed by atoms with van der Waals surface area (Å²) >= 11 is 0. The van der Waals surface area contributed by atoms with Gasteiger partial charge in [0, 0.05) is 0 Å². The van der Waals surface area contributed by atoms with Gasteiger partial charge < -0.3 is 10.2 Å². The van der Waals surface area contributed by atoms with Crippen LogP contribution in [-0.4, -0.2) is 16.3 Å². The predicted molar refractivity (Wildman–Crippen MR) is 106 cm³/mol. The topological polar surface area (TPSA) is 40.5 Å². The standard InChI is InChI=1S/C24H16O2/c25-21-10-9-17-20(24(21)26)12-19-14-6-2-1-5-13(14)11-18-15-7-3-4-8-16(15)22(17)23(18)19/h1-12,21,24-26H. The predicted octanol–water partition coefficient (Wildman–Crippen LogP) is 5.06. The molecule has 0 bridgehead atoms. The van der Waals surface area contributed by atoms with E-state index in [0.717, 1.165) is 16.5 Å². The van der Waals surface area contributed by atoms with Crippen molar-refractivity contribution >= 4 is 27.6 Å². The first kappa shape index (κ1) is 14.3. The lowest BCUT2D eigenvalue weighted by molar-refractivity contribution is 0.0471. The minimum Gasteiger partial charge on any atom is -0.386 e. The van der Waals surface area contributed by atoms with Crippen LogP contribution in [0.1, 0.15) is 17.2 Å². The Hall–Kier alpha value is -2.94. The van der Waals surface area contributed by atoms with Gasteiger partial charge in [0.1, 0.15) is 12.2 Å². The van der Waals surface area contributed by atoms with E-state index in [1.165, 1.54) is 38.4 Å². The summed E-state index contributed by atoms with van der Waals surface area (Å²) < 4.78 is 0. The van der Waals surface area contributed by atoms with Gasteiger partial charge in [0.15, 0.2) is 0 Å². The van der Waals surface area contributed by atoms with Crippen LogP contribution in [0.4, 0.5) is 0 Å². The van der Waals surface area contributed by atoms with Crippen molar-refractivity contribution in [2.45, 2.75) is 12.2 Å². The van der Waals surface area contributed by atoms with Crippen LogP contribution in [0.5, 0.6) is 0 Å². The van der Waals surface area contributed by atoms with E-state index in [2.05, 4.69) is 60.7 Å². The van der Waals surface area contributed by atoms with Crippen molar-refractivity contribution < 1.29 is 10.2 Å². The summed E-state index contributed by atoms with van der Waals surface area (Å²) in [6, 6.07) is 21.2. The number of aliphatic hydroxyl groups excluding tert-OH is 2. The lowest BCUT2D eigenvalue weighted by Gasteiger charge is -2.24. The van der Waals surface area contributed by atoms with Crippen LogP contribution in [0, 0.1) is 0 Å². The van der Waals surface area contributed by atoms with Crippen molar-refractivity contribution in [1.82, 2.24) is 0 Å².